The lowest BCUT2D eigenvalue weighted by atomic mass is 9.67. The average molecular weight is 657 g/mol. The van der Waals surface area contributed by atoms with Crippen LogP contribution in [-0.2, 0) is 26.3 Å². The Balaban J connectivity index is 1.74. The van der Waals surface area contributed by atoms with Crippen molar-refractivity contribution in [2.75, 3.05) is 18.1 Å². The van der Waals surface area contributed by atoms with Gasteiger partial charge in [-0.1, -0.05) is 73.5 Å². The number of non-ortho nitro benzene ring substituents is 1. The Labute approximate surface area is 284 Å². The van der Waals surface area contributed by atoms with E-state index in [0.29, 0.717) is 36.3 Å². The van der Waals surface area contributed by atoms with E-state index in [4.69, 9.17) is 10.1 Å². The van der Waals surface area contributed by atoms with Crippen molar-refractivity contribution in [2.24, 2.45) is 0 Å². The first-order chi connectivity index (χ1) is 23.8. The summed E-state index contributed by atoms with van der Waals surface area (Å²) in [6, 6.07) is 28.6. The minimum Gasteiger partial charge on any atom is -0.462 e. The minimum absolute atomic E-state index is 0.0280. The van der Waals surface area contributed by atoms with Crippen molar-refractivity contribution in [1.82, 2.24) is 4.57 Å². The molecule has 1 aliphatic heterocycles. The van der Waals surface area contributed by atoms with Crippen LogP contribution in [0.1, 0.15) is 55.0 Å². The molecule has 4 aromatic carbocycles. The highest BCUT2D eigenvalue weighted by molar-refractivity contribution is 6.19. The monoisotopic (exact) mass is 656 g/mol. The molecule has 10 heteroatoms. The van der Waals surface area contributed by atoms with E-state index in [1.165, 1.54) is 12.1 Å². The van der Waals surface area contributed by atoms with E-state index in [1.807, 2.05) is 97.5 Å². The van der Waals surface area contributed by atoms with Gasteiger partial charge in [-0.3, -0.25) is 20.3 Å². The first-order valence-corrected chi connectivity index (χ1v) is 16.4. The van der Waals surface area contributed by atoms with E-state index >= 15 is 4.79 Å². The molecule has 0 fully saturated rings. The van der Waals surface area contributed by atoms with Gasteiger partial charge in [-0.05, 0) is 67.6 Å². The number of aryl methyl sites for hydroxylation is 1. The number of unbranched alkanes of at least 4 members (excludes halogenated alkanes) is 1. The van der Waals surface area contributed by atoms with Gasteiger partial charge in [0.05, 0.1) is 11.5 Å². The predicted molar refractivity (Wildman–Crippen MR) is 187 cm³/mol. The zero-order chi connectivity index (χ0) is 34.7. The number of carbonyl (C=O) groups is 2. The van der Waals surface area contributed by atoms with E-state index in [1.54, 1.807) is 24.0 Å². The zero-order valence-corrected chi connectivity index (χ0v) is 27.8. The molecule has 0 aliphatic carbocycles. The number of ether oxygens (including phenoxy) is 1. The molecule has 248 valence electrons. The number of esters is 1. The van der Waals surface area contributed by atoms with Gasteiger partial charge in [0.15, 0.2) is 22.5 Å². The number of aromatic nitrogens is 2. The minimum atomic E-state index is -1.83. The van der Waals surface area contributed by atoms with E-state index in [9.17, 15) is 14.9 Å². The maximum atomic E-state index is 15.5. The first-order valence-electron chi connectivity index (χ1n) is 16.4. The lowest BCUT2D eigenvalue weighted by Gasteiger charge is -2.35. The smallest absolute Gasteiger partial charge is 0.345 e. The van der Waals surface area contributed by atoms with Crippen LogP contribution in [0.4, 0.5) is 11.4 Å². The van der Waals surface area contributed by atoms with Crippen LogP contribution < -0.4 is 9.47 Å². The van der Waals surface area contributed by atoms with Gasteiger partial charge in [-0.15, -0.1) is 0 Å². The highest BCUT2D eigenvalue weighted by Gasteiger charge is 2.64. The second-order valence-corrected chi connectivity index (χ2v) is 12.2. The molecule has 0 saturated carbocycles. The van der Waals surface area contributed by atoms with Crippen LogP contribution in [0.25, 0.3) is 11.0 Å². The third kappa shape index (κ3) is 5.70. The van der Waals surface area contributed by atoms with Crippen molar-refractivity contribution in [1.29, 1.82) is 5.41 Å². The van der Waals surface area contributed by atoms with Gasteiger partial charge in [0.1, 0.15) is 12.1 Å². The number of anilines is 1. The van der Waals surface area contributed by atoms with Crippen molar-refractivity contribution >= 4 is 40.2 Å². The van der Waals surface area contributed by atoms with E-state index in [0.717, 1.165) is 28.6 Å². The summed E-state index contributed by atoms with van der Waals surface area (Å²) >= 11 is 0. The van der Waals surface area contributed by atoms with Crippen molar-refractivity contribution in [3.63, 3.8) is 0 Å². The maximum absolute atomic E-state index is 15.5. The highest BCUT2D eigenvalue weighted by Crippen LogP contribution is 2.55. The lowest BCUT2D eigenvalue weighted by Crippen LogP contribution is -2.51. The van der Waals surface area contributed by atoms with E-state index in [-0.39, 0.29) is 23.8 Å². The SMILES string of the molecule is CCCCN1C(=O)C(C(=C=N)C(=O)OCC)(C(c2ccc([N+](=O)[O-])cc2)n2c[n+](Cc3ccccc3)c3ccccc32)c2cc(C)ccc21. The number of fused-ring (bicyclic) bond motifs is 2. The number of nitro groups is 1. The first kappa shape index (κ1) is 33.1. The number of nitro benzene ring substituents is 1. The van der Waals surface area contributed by atoms with Gasteiger partial charge in [0.25, 0.3) is 5.69 Å². The van der Waals surface area contributed by atoms with Gasteiger partial charge in [0, 0.05) is 29.9 Å². The normalized spacial score (nSPS) is 15.9. The zero-order valence-electron chi connectivity index (χ0n) is 27.8. The summed E-state index contributed by atoms with van der Waals surface area (Å²) in [6.07, 6.45) is 3.47. The second kappa shape index (κ2) is 13.7. The Kier molecular flexibility index (Phi) is 9.25. The number of amides is 1. The molecule has 0 spiro atoms. The van der Waals surface area contributed by atoms with Crippen LogP contribution in [0.5, 0.6) is 0 Å². The van der Waals surface area contributed by atoms with Gasteiger partial charge in [0.2, 0.25) is 12.2 Å². The number of hydrogen-bond donors (Lipinski definition) is 1. The number of rotatable bonds is 12. The predicted octanol–water partition coefficient (Wildman–Crippen LogP) is 6.61. The number of imidazole rings is 1. The van der Waals surface area contributed by atoms with Gasteiger partial charge in [-0.2, -0.15) is 0 Å². The largest absolute Gasteiger partial charge is 0.462 e. The van der Waals surface area contributed by atoms with Crippen molar-refractivity contribution < 1.29 is 23.8 Å². The summed E-state index contributed by atoms with van der Waals surface area (Å²) in [5.74, 6) is 1.19. The van der Waals surface area contributed by atoms with Crippen LogP contribution >= 0.6 is 0 Å². The van der Waals surface area contributed by atoms with Gasteiger partial charge in [-0.25, -0.2) is 13.9 Å². The number of nitrogens with one attached hydrogen (secondary N) is 1. The quantitative estimate of drug-likeness (QED) is 0.0405. The molecule has 2 heterocycles. The van der Waals surface area contributed by atoms with Crippen LogP contribution in [-0.4, -0.2) is 40.4 Å². The third-order valence-electron chi connectivity index (χ3n) is 9.22. The molecule has 0 bridgehead atoms. The molecule has 2 unspecified atom stereocenters. The lowest BCUT2D eigenvalue weighted by molar-refractivity contribution is -0.663. The summed E-state index contributed by atoms with van der Waals surface area (Å²) in [4.78, 5) is 42.5. The number of hydrogen-bond acceptors (Lipinski definition) is 6. The van der Waals surface area contributed by atoms with Crippen molar-refractivity contribution in [3.8, 4) is 0 Å². The fraction of sp³-hybridized carbons (Fsp3) is 0.256. The third-order valence-corrected chi connectivity index (χ3v) is 9.22. The maximum Gasteiger partial charge on any atom is 0.345 e. The molecule has 49 heavy (non-hydrogen) atoms. The van der Waals surface area contributed by atoms with Crippen LogP contribution in [0.15, 0.2) is 109 Å². The molecule has 0 saturated heterocycles. The molecular formula is C39H38N5O5+. The van der Waals surface area contributed by atoms with Crippen molar-refractivity contribution in [3.05, 3.63) is 141 Å². The number of benzene rings is 4. The Bertz CT molecular complexity index is 2100. The fourth-order valence-corrected chi connectivity index (χ4v) is 7.04. The molecule has 0 radical (unpaired) electrons. The molecule has 1 aromatic heterocycles. The highest BCUT2D eigenvalue weighted by atomic mass is 16.6. The molecule has 5 aromatic rings. The summed E-state index contributed by atoms with van der Waals surface area (Å²) < 4.78 is 9.60. The van der Waals surface area contributed by atoms with Crippen LogP contribution in [0.3, 0.4) is 0 Å². The molecule has 1 N–H and O–H groups in total. The Hall–Kier alpha value is -5.86. The van der Waals surface area contributed by atoms with Crippen molar-refractivity contribution in [2.45, 2.75) is 51.6 Å². The van der Waals surface area contributed by atoms with Gasteiger partial charge >= 0.3 is 5.97 Å². The summed E-state index contributed by atoms with van der Waals surface area (Å²) in [6.45, 7) is 6.58. The standard InChI is InChI=1S/C39H38N5O5/c1-4-6-22-42-33-21-16-27(3)23-31(33)39(38(42)46,32(24-40)37(45)49-5-2)36(29-17-19-30(20-18-29)44(47)48)43-26-41(25-28-12-8-7-9-13-28)34-14-10-11-15-35(34)43/h7-21,23,26,36,40H,4-6,22,25H2,1-3H3/q+1. The van der Waals surface area contributed by atoms with Crippen LogP contribution in [0.2, 0.25) is 0 Å². The second-order valence-electron chi connectivity index (χ2n) is 12.2. The summed E-state index contributed by atoms with van der Waals surface area (Å²) in [7, 11) is 0. The summed E-state index contributed by atoms with van der Waals surface area (Å²) in [5, 5.41) is 20.4. The fourth-order valence-electron chi connectivity index (χ4n) is 7.04. The van der Waals surface area contributed by atoms with Crippen LogP contribution in [0, 0.1) is 22.4 Å². The Morgan fingerprint density at radius 3 is 2.41 bits per heavy atom. The molecule has 6 rings (SSSR count). The molecule has 10 nitrogen and oxygen atoms in total. The Morgan fingerprint density at radius 2 is 1.73 bits per heavy atom. The van der Waals surface area contributed by atoms with Gasteiger partial charge < -0.3 is 9.64 Å². The molecular weight excluding hydrogens is 618 g/mol. The molecule has 1 aliphatic rings. The number of nitrogens with zero attached hydrogens (tertiary/aromatic N) is 4. The average Bonchev–Trinajstić information content (AvgIpc) is 3.57. The topological polar surface area (TPSA) is 122 Å². The molecule has 2 atom stereocenters. The number of carbonyl (C=O) groups excluding carboxylic acids is 2. The Morgan fingerprint density at radius 1 is 1.02 bits per heavy atom. The van der Waals surface area contributed by atoms with E-state index in [2.05, 4.69) is 10.4 Å². The summed E-state index contributed by atoms with van der Waals surface area (Å²) in [5.41, 5.74) is 3.12. The van der Waals surface area contributed by atoms with E-state index < -0.39 is 22.3 Å². The number of para-hydroxylation sites is 2. The molecule has 1 amide bonds.